The Bertz CT molecular complexity index is 986. The first-order valence-electron chi connectivity index (χ1n) is 9.73. The Balaban J connectivity index is 0.000000262. The second kappa shape index (κ2) is 11.4. The summed E-state index contributed by atoms with van der Waals surface area (Å²) in [5.41, 5.74) is 6.59. The molecule has 1 heterocycles. The monoisotopic (exact) mass is 472 g/mol. The molecule has 7 nitrogen and oxygen atoms in total. The number of halogens is 2. The molecule has 31 heavy (non-hydrogen) atoms. The van der Waals surface area contributed by atoms with E-state index in [0.29, 0.717) is 12.3 Å². The lowest BCUT2D eigenvalue weighted by Gasteiger charge is -2.23. The fraction of sp³-hybridized carbons (Fsp3) is 0.381. The van der Waals surface area contributed by atoms with Gasteiger partial charge in [-0.25, -0.2) is 4.39 Å². The van der Waals surface area contributed by atoms with Gasteiger partial charge in [-0.2, -0.15) is 8.42 Å². The third kappa shape index (κ3) is 7.77. The molecular formula is C21H26ClFN2O5S. The molecule has 3 N–H and O–H groups in total. The van der Waals surface area contributed by atoms with Gasteiger partial charge < -0.3 is 15.4 Å². The van der Waals surface area contributed by atoms with Crippen LogP contribution in [0, 0.1) is 12.7 Å². The predicted octanol–water partition coefficient (Wildman–Crippen LogP) is 3.44. The van der Waals surface area contributed by atoms with Crippen molar-refractivity contribution in [3.8, 4) is 5.75 Å². The highest BCUT2D eigenvalue weighted by Crippen LogP contribution is 2.25. The lowest BCUT2D eigenvalue weighted by Crippen LogP contribution is -2.40. The number of carbonyl (C=O) groups is 1. The van der Waals surface area contributed by atoms with Crippen LogP contribution in [-0.2, 0) is 14.9 Å². The van der Waals surface area contributed by atoms with E-state index in [1.54, 1.807) is 12.1 Å². The number of nitrogens with two attached hydrogens (primary N) is 1. The summed E-state index contributed by atoms with van der Waals surface area (Å²) in [4.78, 5) is 13.8. The van der Waals surface area contributed by atoms with E-state index in [1.807, 2.05) is 11.8 Å². The van der Waals surface area contributed by atoms with Crippen LogP contribution in [0.3, 0.4) is 0 Å². The van der Waals surface area contributed by atoms with Crippen LogP contribution in [0.15, 0.2) is 47.4 Å². The molecule has 0 radical (unpaired) electrons. The minimum absolute atomic E-state index is 0.0381. The summed E-state index contributed by atoms with van der Waals surface area (Å²) in [6, 6.07) is 10.1. The average molecular weight is 473 g/mol. The molecule has 1 unspecified atom stereocenters. The highest BCUT2D eigenvalue weighted by Gasteiger charge is 2.27. The van der Waals surface area contributed by atoms with Gasteiger partial charge in [0, 0.05) is 19.1 Å². The minimum Gasteiger partial charge on any atom is -0.491 e. The molecule has 0 saturated carbocycles. The Morgan fingerprint density at radius 3 is 2.55 bits per heavy atom. The molecule has 0 aromatic heterocycles. The number of amides is 1. The minimum atomic E-state index is -4.02. The van der Waals surface area contributed by atoms with Gasteiger partial charge >= 0.3 is 0 Å². The Labute approximate surface area is 186 Å². The van der Waals surface area contributed by atoms with Gasteiger partial charge in [0.1, 0.15) is 11.6 Å². The van der Waals surface area contributed by atoms with Crippen LogP contribution < -0.4 is 10.5 Å². The number of carbonyl (C=O) groups excluding carboxylic acids is 1. The van der Waals surface area contributed by atoms with E-state index >= 15 is 0 Å². The molecule has 2 aromatic rings. The van der Waals surface area contributed by atoms with Gasteiger partial charge in [-0.15, -0.1) is 0 Å². The summed E-state index contributed by atoms with van der Waals surface area (Å²) < 4.78 is 47.8. The maximum Gasteiger partial charge on any atom is 0.294 e. The molecule has 170 valence electrons. The third-order valence-electron chi connectivity index (χ3n) is 4.76. The van der Waals surface area contributed by atoms with Crippen molar-refractivity contribution in [3.05, 3.63) is 58.9 Å². The maximum absolute atomic E-state index is 12.9. The van der Waals surface area contributed by atoms with E-state index in [4.69, 9.17) is 26.6 Å². The molecule has 1 saturated heterocycles. The number of likely N-dealkylation sites (tertiary alicyclic amines) is 1. The van der Waals surface area contributed by atoms with Crippen LogP contribution in [0.5, 0.6) is 5.75 Å². The summed E-state index contributed by atoms with van der Waals surface area (Å²) in [6.45, 7) is 3.32. The first-order valence-corrected chi connectivity index (χ1v) is 11.5. The molecule has 0 bridgehead atoms. The average Bonchev–Trinajstić information content (AvgIpc) is 3.19. The highest BCUT2D eigenvalue weighted by molar-refractivity contribution is 7.85. The van der Waals surface area contributed by atoms with Crippen LogP contribution in [0.2, 0.25) is 5.02 Å². The number of rotatable bonds is 6. The summed E-state index contributed by atoms with van der Waals surface area (Å²) in [7, 11) is -4.02. The Morgan fingerprint density at radius 1 is 1.29 bits per heavy atom. The fourth-order valence-electron chi connectivity index (χ4n) is 3.10. The van der Waals surface area contributed by atoms with Crippen LogP contribution in [0.4, 0.5) is 4.39 Å². The van der Waals surface area contributed by atoms with E-state index < -0.39 is 15.9 Å². The molecule has 1 aliphatic heterocycles. The molecule has 2 aromatic carbocycles. The lowest BCUT2D eigenvalue weighted by molar-refractivity contribution is -0.132. The number of ether oxygens (including phenoxy) is 1. The molecule has 1 amide bonds. The lowest BCUT2D eigenvalue weighted by atomic mass is 10.2. The van der Waals surface area contributed by atoms with E-state index in [-0.39, 0.29) is 34.9 Å². The quantitative estimate of drug-likeness (QED) is 0.623. The Kier molecular flexibility index (Phi) is 9.24. The summed E-state index contributed by atoms with van der Waals surface area (Å²) in [5.74, 6) is 0.00938. The Morgan fingerprint density at radius 2 is 1.97 bits per heavy atom. The normalized spacial score (nSPS) is 15.9. The van der Waals surface area contributed by atoms with Gasteiger partial charge in [-0.1, -0.05) is 29.3 Å². The number of hydrogen-bond donors (Lipinski definition) is 2. The SMILES string of the molecule is Cc1ccc(S(=O)(=O)O)cc1.NCC1CCCN1C(=O)CCOc1ccc(F)cc1Cl. The fourth-order valence-corrected chi connectivity index (χ4v) is 3.81. The molecule has 1 aliphatic rings. The summed E-state index contributed by atoms with van der Waals surface area (Å²) in [5, 5.41) is 0.207. The van der Waals surface area contributed by atoms with Crippen molar-refractivity contribution in [2.45, 2.75) is 37.1 Å². The molecule has 1 fully saturated rings. The first kappa shape index (κ1) is 25.1. The largest absolute Gasteiger partial charge is 0.491 e. The molecular weight excluding hydrogens is 447 g/mol. The van der Waals surface area contributed by atoms with Gasteiger partial charge in [0.05, 0.1) is 22.9 Å². The predicted molar refractivity (Wildman–Crippen MR) is 116 cm³/mol. The van der Waals surface area contributed by atoms with Crippen molar-refractivity contribution in [3.63, 3.8) is 0 Å². The zero-order valence-corrected chi connectivity index (χ0v) is 18.7. The molecule has 0 aliphatic carbocycles. The zero-order chi connectivity index (χ0) is 23.0. The number of benzene rings is 2. The zero-order valence-electron chi connectivity index (χ0n) is 17.1. The maximum atomic E-state index is 12.9. The van der Waals surface area contributed by atoms with E-state index in [2.05, 4.69) is 0 Å². The van der Waals surface area contributed by atoms with Gasteiger partial charge in [-0.3, -0.25) is 9.35 Å². The van der Waals surface area contributed by atoms with Crippen molar-refractivity contribution < 1.29 is 26.9 Å². The Hall–Kier alpha value is -2.20. The van der Waals surface area contributed by atoms with Crippen molar-refractivity contribution in [1.29, 1.82) is 0 Å². The second-order valence-electron chi connectivity index (χ2n) is 7.08. The number of aryl methyl sites for hydroxylation is 1. The summed E-state index contributed by atoms with van der Waals surface area (Å²) in [6.07, 6.45) is 2.23. The van der Waals surface area contributed by atoms with Crippen molar-refractivity contribution in [2.24, 2.45) is 5.73 Å². The van der Waals surface area contributed by atoms with E-state index in [9.17, 15) is 17.6 Å². The molecule has 10 heteroatoms. The van der Waals surface area contributed by atoms with Crippen molar-refractivity contribution >= 4 is 27.6 Å². The first-order chi connectivity index (χ1) is 14.6. The smallest absolute Gasteiger partial charge is 0.294 e. The van der Waals surface area contributed by atoms with Gasteiger partial charge in [0.25, 0.3) is 10.1 Å². The topological polar surface area (TPSA) is 110 Å². The van der Waals surface area contributed by atoms with Crippen LogP contribution in [0.1, 0.15) is 24.8 Å². The molecule has 3 rings (SSSR count). The third-order valence-corrected chi connectivity index (χ3v) is 5.92. The van der Waals surface area contributed by atoms with Gasteiger partial charge in [0.2, 0.25) is 5.91 Å². The van der Waals surface area contributed by atoms with Gasteiger partial charge in [0.15, 0.2) is 0 Å². The molecule has 0 spiro atoms. The van der Waals surface area contributed by atoms with Gasteiger partial charge in [-0.05, 0) is 50.1 Å². The van der Waals surface area contributed by atoms with Crippen molar-refractivity contribution in [2.75, 3.05) is 19.7 Å². The van der Waals surface area contributed by atoms with Crippen LogP contribution in [-0.4, -0.2) is 49.5 Å². The summed E-state index contributed by atoms with van der Waals surface area (Å²) >= 11 is 5.84. The molecule has 1 atom stereocenters. The number of hydrogen-bond acceptors (Lipinski definition) is 5. The van der Waals surface area contributed by atoms with Crippen molar-refractivity contribution in [1.82, 2.24) is 4.90 Å². The highest BCUT2D eigenvalue weighted by atomic mass is 35.5. The van der Waals surface area contributed by atoms with E-state index in [1.165, 1.54) is 30.3 Å². The second-order valence-corrected chi connectivity index (χ2v) is 8.91. The van der Waals surface area contributed by atoms with Crippen LogP contribution in [0.25, 0.3) is 0 Å². The standard InChI is InChI=1S/C14H18ClFN2O2.C7H8O3S/c15-12-8-10(16)3-4-13(12)20-7-5-14(19)18-6-1-2-11(18)9-17;1-6-2-4-7(5-3-6)11(8,9)10/h3-4,8,11H,1-2,5-7,9,17H2;2-5H,1H3,(H,8,9,10). The number of nitrogens with zero attached hydrogens (tertiary/aromatic N) is 1. The van der Waals surface area contributed by atoms with E-state index in [0.717, 1.165) is 24.9 Å². The van der Waals surface area contributed by atoms with Crippen LogP contribution >= 0.6 is 11.6 Å².